The number of benzene rings is 2. The predicted octanol–water partition coefficient (Wildman–Crippen LogP) is 4.71. The molecule has 1 aromatic heterocycles. The highest BCUT2D eigenvalue weighted by atomic mass is 35.5. The molecule has 0 radical (unpaired) electrons. The topological polar surface area (TPSA) is 55.2 Å². The monoisotopic (exact) mass is 378 g/mol. The first-order chi connectivity index (χ1) is 11.6. The van der Waals surface area contributed by atoms with Crippen LogP contribution in [-0.2, 0) is 6.61 Å². The summed E-state index contributed by atoms with van der Waals surface area (Å²) in [6.45, 7) is 0.393. The molecule has 0 saturated heterocycles. The minimum atomic E-state index is 0.393. The van der Waals surface area contributed by atoms with E-state index in [0.29, 0.717) is 21.4 Å². The molecular formula is C16H12Cl2N4OS. The molecule has 122 valence electrons. The Labute approximate surface area is 153 Å². The van der Waals surface area contributed by atoms with Crippen molar-refractivity contribution in [3.05, 3.63) is 74.7 Å². The molecule has 3 aromatic rings. The van der Waals surface area contributed by atoms with E-state index in [1.54, 1.807) is 18.3 Å². The quantitative estimate of drug-likeness (QED) is 0.516. The van der Waals surface area contributed by atoms with Gasteiger partial charge >= 0.3 is 0 Å². The zero-order valence-electron chi connectivity index (χ0n) is 12.3. The van der Waals surface area contributed by atoms with Crippen LogP contribution in [-0.4, -0.2) is 21.1 Å². The van der Waals surface area contributed by atoms with Gasteiger partial charge in [-0.3, -0.25) is 5.10 Å². The summed E-state index contributed by atoms with van der Waals surface area (Å²) in [5.74, 6) is 0.723. The average Bonchev–Trinajstić information content (AvgIpc) is 2.99. The summed E-state index contributed by atoms with van der Waals surface area (Å²) in [5, 5.41) is 11.7. The largest absolute Gasteiger partial charge is 0.489 e. The third kappa shape index (κ3) is 4.23. The van der Waals surface area contributed by atoms with E-state index >= 15 is 0 Å². The predicted molar refractivity (Wildman–Crippen MR) is 97.6 cm³/mol. The number of rotatable bonds is 5. The molecular weight excluding hydrogens is 367 g/mol. The molecule has 1 N–H and O–H groups in total. The Morgan fingerprint density at radius 3 is 2.83 bits per heavy atom. The van der Waals surface area contributed by atoms with E-state index in [2.05, 4.69) is 15.3 Å². The zero-order chi connectivity index (χ0) is 16.9. The molecule has 0 spiro atoms. The average molecular weight is 379 g/mol. The summed E-state index contributed by atoms with van der Waals surface area (Å²) >= 11 is 16.9. The number of aromatic amines is 1. The second kappa shape index (κ2) is 7.61. The lowest BCUT2D eigenvalue weighted by Crippen LogP contribution is -1.96. The van der Waals surface area contributed by atoms with E-state index in [-0.39, 0.29) is 0 Å². The number of nitrogens with one attached hydrogen (secondary N) is 1. The first kappa shape index (κ1) is 16.7. The number of hydrogen-bond donors (Lipinski definition) is 1. The van der Waals surface area contributed by atoms with E-state index < -0.39 is 0 Å². The second-order valence-corrected chi connectivity index (χ2v) is 6.06. The zero-order valence-corrected chi connectivity index (χ0v) is 14.6. The van der Waals surface area contributed by atoms with Crippen LogP contribution in [0.15, 0.2) is 53.9 Å². The first-order valence-corrected chi connectivity index (χ1v) is 8.11. The summed E-state index contributed by atoms with van der Waals surface area (Å²) in [4.78, 5) is 0. The van der Waals surface area contributed by atoms with Crippen molar-refractivity contribution in [3.63, 3.8) is 0 Å². The summed E-state index contributed by atoms with van der Waals surface area (Å²) < 4.78 is 7.68. The van der Waals surface area contributed by atoms with Crippen LogP contribution < -0.4 is 4.74 Å². The van der Waals surface area contributed by atoms with Gasteiger partial charge in [0.05, 0.1) is 16.3 Å². The molecule has 0 saturated carbocycles. The van der Waals surface area contributed by atoms with Crippen LogP contribution in [0.4, 0.5) is 0 Å². The van der Waals surface area contributed by atoms with Crippen molar-refractivity contribution < 1.29 is 4.74 Å². The van der Waals surface area contributed by atoms with Crippen LogP contribution in [0.3, 0.4) is 0 Å². The minimum Gasteiger partial charge on any atom is -0.489 e. The van der Waals surface area contributed by atoms with Gasteiger partial charge in [-0.05, 0) is 47.6 Å². The van der Waals surface area contributed by atoms with Gasteiger partial charge in [0.15, 0.2) is 0 Å². The number of aromatic nitrogens is 3. The van der Waals surface area contributed by atoms with Crippen molar-refractivity contribution >= 4 is 41.6 Å². The molecule has 0 unspecified atom stereocenters. The van der Waals surface area contributed by atoms with Crippen LogP contribution in [0.2, 0.25) is 10.0 Å². The Morgan fingerprint density at radius 1 is 1.21 bits per heavy atom. The number of hydrogen-bond acceptors (Lipinski definition) is 4. The molecule has 0 aliphatic carbocycles. The van der Waals surface area contributed by atoms with Crippen LogP contribution in [0, 0.1) is 4.77 Å². The Morgan fingerprint density at radius 2 is 2.08 bits per heavy atom. The molecule has 5 nitrogen and oxygen atoms in total. The summed E-state index contributed by atoms with van der Waals surface area (Å²) in [6, 6.07) is 13.0. The SMILES string of the molecule is S=c1[nH]ncn1/N=C/c1cccc(OCc2ccc(Cl)c(Cl)c2)c1. The van der Waals surface area contributed by atoms with Crippen LogP contribution in [0.25, 0.3) is 0 Å². The molecule has 0 atom stereocenters. The summed E-state index contributed by atoms with van der Waals surface area (Å²) in [5.41, 5.74) is 1.82. The van der Waals surface area contributed by atoms with Crippen molar-refractivity contribution in [2.75, 3.05) is 0 Å². The maximum Gasteiger partial charge on any atom is 0.216 e. The number of ether oxygens (including phenoxy) is 1. The third-order valence-electron chi connectivity index (χ3n) is 3.11. The molecule has 0 bridgehead atoms. The Hall–Kier alpha value is -2.15. The van der Waals surface area contributed by atoms with Gasteiger partial charge in [0.1, 0.15) is 18.7 Å². The Balaban J connectivity index is 1.69. The van der Waals surface area contributed by atoms with Crippen molar-refractivity contribution in [2.24, 2.45) is 5.10 Å². The fourth-order valence-corrected chi connectivity index (χ4v) is 2.40. The van der Waals surface area contributed by atoms with E-state index in [1.807, 2.05) is 30.3 Å². The lowest BCUT2D eigenvalue weighted by Gasteiger charge is -2.07. The normalized spacial score (nSPS) is 11.1. The summed E-state index contributed by atoms with van der Waals surface area (Å²) in [6.07, 6.45) is 3.18. The molecule has 0 fully saturated rings. The lowest BCUT2D eigenvalue weighted by molar-refractivity contribution is 0.306. The van der Waals surface area contributed by atoms with E-state index in [1.165, 1.54) is 11.0 Å². The lowest BCUT2D eigenvalue weighted by atomic mass is 10.2. The molecule has 24 heavy (non-hydrogen) atoms. The highest BCUT2D eigenvalue weighted by Gasteiger charge is 2.01. The van der Waals surface area contributed by atoms with Gasteiger partial charge in [-0.15, -0.1) is 0 Å². The minimum absolute atomic E-state index is 0.393. The molecule has 1 heterocycles. The molecule has 3 rings (SSSR count). The van der Waals surface area contributed by atoms with Gasteiger partial charge in [0.2, 0.25) is 4.77 Å². The fourth-order valence-electron chi connectivity index (χ4n) is 1.93. The second-order valence-electron chi connectivity index (χ2n) is 4.86. The Kier molecular flexibility index (Phi) is 5.30. The Bertz CT molecular complexity index is 936. The van der Waals surface area contributed by atoms with Gasteiger partial charge in [-0.25, -0.2) is 0 Å². The van der Waals surface area contributed by atoms with Crippen molar-refractivity contribution in [1.82, 2.24) is 14.9 Å². The van der Waals surface area contributed by atoms with E-state index in [4.69, 9.17) is 40.2 Å². The fraction of sp³-hybridized carbons (Fsp3) is 0.0625. The number of halogens is 2. The van der Waals surface area contributed by atoms with Crippen molar-refractivity contribution in [3.8, 4) is 5.75 Å². The molecule has 0 aliphatic rings. The highest BCUT2D eigenvalue weighted by molar-refractivity contribution is 7.71. The van der Waals surface area contributed by atoms with Crippen molar-refractivity contribution in [1.29, 1.82) is 0 Å². The van der Waals surface area contributed by atoms with Gasteiger partial charge < -0.3 is 4.74 Å². The van der Waals surface area contributed by atoms with E-state index in [0.717, 1.165) is 16.9 Å². The standard InChI is InChI=1S/C16H12Cl2N4OS/c17-14-5-4-12(7-15(14)18)9-23-13-3-1-2-11(6-13)8-20-22-10-19-21-16(22)24/h1-8,10H,9H2,(H,21,24)/b20-8+. The van der Waals surface area contributed by atoms with Gasteiger partial charge in [0, 0.05) is 0 Å². The van der Waals surface area contributed by atoms with Gasteiger partial charge in [0.25, 0.3) is 0 Å². The van der Waals surface area contributed by atoms with Crippen LogP contribution in [0.1, 0.15) is 11.1 Å². The smallest absolute Gasteiger partial charge is 0.216 e. The maximum absolute atomic E-state index is 6.00. The molecule has 0 amide bonds. The van der Waals surface area contributed by atoms with Gasteiger partial charge in [-0.2, -0.15) is 14.9 Å². The third-order valence-corrected chi connectivity index (χ3v) is 4.13. The van der Waals surface area contributed by atoms with Gasteiger partial charge in [-0.1, -0.05) is 41.4 Å². The molecule has 2 aromatic carbocycles. The highest BCUT2D eigenvalue weighted by Crippen LogP contribution is 2.23. The van der Waals surface area contributed by atoms with Crippen LogP contribution >= 0.6 is 35.4 Å². The molecule has 0 aliphatic heterocycles. The van der Waals surface area contributed by atoms with Crippen LogP contribution in [0.5, 0.6) is 5.75 Å². The number of H-pyrrole nitrogens is 1. The first-order valence-electron chi connectivity index (χ1n) is 6.95. The molecule has 8 heteroatoms. The number of nitrogens with zero attached hydrogens (tertiary/aromatic N) is 3. The maximum atomic E-state index is 6.00. The van der Waals surface area contributed by atoms with E-state index in [9.17, 15) is 0 Å². The van der Waals surface area contributed by atoms with Crippen molar-refractivity contribution in [2.45, 2.75) is 6.61 Å². The summed E-state index contributed by atoms with van der Waals surface area (Å²) in [7, 11) is 0.